The van der Waals surface area contributed by atoms with Crippen LogP contribution in [0.15, 0.2) is 29.1 Å². The molecule has 1 aromatic carbocycles. The van der Waals surface area contributed by atoms with Gasteiger partial charge in [0, 0.05) is 31.6 Å². The molecule has 8 heteroatoms. The maximum absolute atomic E-state index is 13.7. The molecular weight excluding hydrogens is 450 g/mol. The van der Waals surface area contributed by atoms with E-state index in [-0.39, 0.29) is 18.1 Å². The topological polar surface area (TPSA) is 72.8 Å². The number of nitrogens with zero attached hydrogens (tertiary/aromatic N) is 2. The smallest absolute Gasteiger partial charge is 0.265 e. The Morgan fingerprint density at radius 2 is 1.88 bits per heavy atom. The number of nitrogens with one attached hydrogen (secondary N) is 1. The second-order valence-electron chi connectivity index (χ2n) is 8.12. The van der Waals surface area contributed by atoms with Crippen molar-refractivity contribution in [2.45, 2.75) is 47.1 Å². The van der Waals surface area contributed by atoms with Gasteiger partial charge in [-0.25, -0.2) is 0 Å². The summed E-state index contributed by atoms with van der Waals surface area (Å²) in [6.07, 6.45) is 1.89. The zero-order valence-corrected chi connectivity index (χ0v) is 21.6. The summed E-state index contributed by atoms with van der Waals surface area (Å²) < 4.78 is 14.1. The first-order valence-electron chi connectivity index (χ1n) is 12.4. The number of hydrogen-bond donors (Lipinski definition) is 1. The van der Waals surface area contributed by atoms with Gasteiger partial charge in [-0.05, 0) is 32.5 Å². The number of hydrogen-bond acceptors (Lipinski definition) is 6. The van der Waals surface area contributed by atoms with Gasteiger partial charge in [-0.15, -0.1) is 11.3 Å². The molecule has 0 spiro atoms. The molecule has 0 aliphatic heterocycles. The van der Waals surface area contributed by atoms with Crippen molar-refractivity contribution in [2.75, 3.05) is 46.0 Å². The molecule has 0 bridgehead atoms. The average Bonchev–Trinajstić information content (AvgIpc) is 3.24. The molecule has 0 radical (unpaired) electrons. The Hall–Kier alpha value is -2.42. The van der Waals surface area contributed by atoms with Crippen LogP contribution >= 0.6 is 11.3 Å². The van der Waals surface area contributed by atoms with E-state index in [0.29, 0.717) is 42.3 Å². The average molecular weight is 488 g/mol. The normalized spacial score (nSPS) is 11.6. The Balaban J connectivity index is 2.08. The predicted octanol–water partition coefficient (Wildman–Crippen LogP) is 4.50. The van der Waals surface area contributed by atoms with Crippen molar-refractivity contribution in [1.82, 2.24) is 14.8 Å². The number of thiophene rings is 1. The number of pyridine rings is 1. The van der Waals surface area contributed by atoms with Gasteiger partial charge in [0.05, 0.1) is 16.8 Å². The summed E-state index contributed by atoms with van der Waals surface area (Å²) in [4.78, 5) is 29.6. The van der Waals surface area contributed by atoms with Crippen molar-refractivity contribution < 1.29 is 14.3 Å². The third kappa shape index (κ3) is 5.79. The number of amides is 1. The number of fused-ring (bicyclic) bond motifs is 3. The van der Waals surface area contributed by atoms with E-state index in [1.165, 1.54) is 11.3 Å². The fraction of sp³-hybridized carbons (Fsp3) is 0.538. The quantitative estimate of drug-likeness (QED) is 0.339. The molecule has 0 aliphatic rings. The van der Waals surface area contributed by atoms with Gasteiger partial charge < -0.3 is 24.3 Å². The summed E-state index contributed by atoms with van der Waals surface area (Å²) in [6.45, 7) is 13.3. The lowest BCUT2D eigenvalue weighted by molar-refractivity contribution is 0.0938. The Morgan fingerprint density at radius 3 is 2.59 bits per heavy atom. The third-order valence-electron chi connectivity index (χ3n) is 5.99. The highest BCUT2D eigenvalue weighted by Gasteiger charge is 2.25. The number of unbranched alkanes of at least 4 members (excludes halogenated alkanes) is 1. The Morgan fingerprint density at radius 1 is 1.12 bits per heavy atom. The molecule has 0 saturated heterocycles. The van der Waals surface area contributed by atoms with Gasteiger partial charge in [0.1, 0.15) is 16.9 Å². The summed E-state index contributed by atoms with van der Waals surface area (Å²) in [5.74, 6) is 0.171. The molecule has 7 nitrogen and oxygen atoms in total. The van der Waals surface area contributed by atoms with Gasteiger partial charge in [-0.3, -0.25) is 9.59 Å². The van der Waals surface area contributed by atoms with Gasteiger partial charge in [0.25, 0.3) is 11.5 Å². The van der Waals surface area contributed by atoms with Crippen LogP contribution in [0.5, 0.6) is 5.75 Å². The van der Waals surface area contributed by atoms with Crippen LogP contribution in [0.3, 0.4) is 0 Å². The first kappa shape index (κ1) is 26.2. The maximum atomic E-state index is 13.7. The zero-order chi connectivity index (χ0) is 24.5. The largest absolute Gasteiger partial charge is 0.489 e. The number of rotatable bonds is 14. The molecular formula is C26H37N3O4S. The van der Waals surface area contributed by atoms with E-state index in [2.05, 4.69) is 31.0 Å². The van der Waals surface area contributed by atoms with Crippen molar-refractivity contribution in [3.05, 3.63) is 39.5 Å². The molecule has 3 rings (SSSR count). The monoisotopic (exact) mass is 487 g/mol. The van der Waals surface area contributed by atoms with Crippen LogP contribution in [0, 0.1) is 0 Å². The van der Waals surface area contributed by atoms with Crippen molar-refractivity contribution in [3.63, 3.8) is 0 Å². The van der Waals surface area contributed by atoms with Gasteiger partial charge in [-0.1, -0.05) is 45.4 Å². The van der Waals surface area contributed by atoms with E-state index in [4.69, 9.17) is 9.47 Å². The highest BCUT2D eigenvalue weighted by molar-refractivity contribution is 7.22. The molecule has 0 unspecified atom stereocenters. The molecule has 0 aliphatic carbocycles. The van der Waals surface area contributed by atoms with E-state index >= 15 is 0 Å². The van der Waals surface area contributed by atoms with Crippen LogP contribution in [-0.4, -0.2) is 61.4 Å². The van der Waals surface area contributed by atoms with E-state index in [9.17, 15) is 9.59 Å². The third-order valence-corrected chi connectivity index (χ3v) is 7.19. The summed E-state index contributed by atoms with van der Waals surface area (Å²) >= 11 is 1.34. The summed E-state index contributed by atoms with van der Waals surface area (Å²) in [5, 5.41) is 4.49. The van der Waals surface area contributed by atoms with E-state index in [1.807, 2.05) is 35.8 Å². The highest BCUT2D eigenvalue weighted by atomic mass is 32.1. The lowest BCUT2D eigenvalue weighted by Crippen LogP contribution is -2.34. The SMILES string of the molecule is CCCCn1c(=O)c2c(OCCOCC)c(C(=O)NCCN(CC)CC)sc2c2ccccc21. The number of likely N-dealkylation sites (N-methyl/N-ethyl adjacent to an activating group) is 1. The van der Waals surface area contributed by atoms with Crippen molar-refractivity contribution in [1.29, 1.82) is 0 Å². The van der Waals surface area contributed by atoms with Gasteiger partial charge in [0.2, 0.25) is 0 Å². The first-order chi connectivity index (χ1) is 16.6. The Labute approximate surface area is 205 Å². The number of carbonyl (C=O) groups excluding carboxylic acids is 1. The van der Waals surface area contributed by atoms with Crippen LogP contribution in [-0.2, 0) is 11.3 Å². The molecule has 2 aromatic heterocycles. The van der Waals surface area contributed by atoms with Crippen molar-refractivity contribution >= 4 is 38.2 Å². The number of benzene rings is 1. The lowest BCUT2D eigenvalue weighted by Gasteiger charge is -2.18. The van der Waals surface area contributed by atoms with Crippen LogP contribution in [0.2, 0.25) is 0 Å². The second-order valence-corrected chi connectivity index (χ2v) is 9.14. The second kappa shape index (κ2) is 12.9. The standard InChI is InChI=1S/C26H37N3O4S/c1-5-9-15-29-20-13-11-10-12-19(20)23-21(26(29)31)22(33-18-17-32-8-4)24(34-23)25(30)27-14-16-28(6-2)7-3/h10-13H,5-9,14-18H2,1-4H3,(H,27,30). The predicted molar refractivity (Wildman–Crippen MR) is 141 cm³/mol. The molecule has 34 heavy (non-hydrogen) atoms. The minimum Gasteiger partial charge on any atom is -0.489 e. The minimum atomic E-state index is -0.205. The van der Waals surface area contributed by atoms with E-state index < -0.39 is 0 Å². The molecule has 1 amide bonds. The van der Waals surface area contributed by atoms with E-state index in [0.717, 1.165) is 48.1 Å². The minimum absolute atomic E-state index is 0.105. The maximum Gasteiger partial charge on any atom is 0.265 e. The highest BCUT2D eigenvalue weighted by Crippen LogP contribution is 2.39. The molecule has 0 atom stereocenters. The fourth-order valence-electron chi connectivity index (χ4n) is 4.07. The summed E-state index contributed by atoms with van der Waals surface area (Å²) in [5.41, 5.74) is 0.788. The lowest BCUT2D eigenvalue weighted by atomic mass is 10.1. The molecule has 2 heterocycles. The first-order valence-corrected chi connectivity index (χ1v) is 13.2. The number of para-hydroxylation sites is 1. The molecule has 186 valence electrons. The van der Waals surface area contributed by atoms with E-state index in [1.54, 1.807) is 0 Å². The zero-order valence-electron chi connectivity index (χ0n) is 20.8. The number of ether oxygens (including phenoxy) is 2. The van der Waals surface area contributed by atoms with Crippen LogP contribution in [0.4, 0.5) is 0 Å². The van der Waals surface area contributed by atoms with Crippen molar-refractivity contribution in [3.8, 4) is 5.75 Å². The van der Waals surface area contributed by atoms with Gasteiger partial charge >= 0.3 is 0 Å². The van der Waals surface area contributed by atoms with Gasteiger partial charge in [0.15, 0.2) is 5.75 Å². The van der Waals surface area contributed by atoms with Crippen molar-refractivity contribution in [2.24, 2.45) is 0 Å². The molecule has 3 aromatic rings. The molecule has 0 saturated carbocycles. The number of aromatic nitrogens is 1. The Kier molecular flexibility index (Phi) is 9.92. The van der Waals surface area contributed by atoms with Crippen LogP contribution in [0.25, 0.3) is 21.0 Å². The number of aryl methyl sites for hydroxylation is 1. The van der Waals surface area contributed by atoms with Crippen LogP contribution in [0.1, 0.15) is 50.2 Å². The molecule has 1 N–H and O–H groups in total. The summed E-state index contributed by atoms with van der Waals surface area (Å²) in [6, 6.07) is 7.91. The number of carbonyl (C=O) groups is 1. The fourth-order valence-corrected chi connectivity index (χ4v) is 5.25. The molecule has 0 fully saturated rings. The van der Waals surface area contributed by atoms with Crippen LogP contribution < -0.4 is 15.6 Å². The Bertz CT molecular complexity index is 1150. The summed E-state index contributed by atoms with van der Waals surface area (Å²) in [7, 11) is 0. The van der Waals surface area contributed by atoms with Gasteiger partial charge in [-0.2, -0.15) is 0 Å².